The number of fused-ring (bicyclic) bond motifs is 4. The second-order valence-corrected chi connectivity index (χ2v) is 9.05. The highest BCUT2D eigenvalue weighted by Crippen LogP contribution is 2.44. The molecule has 0 radical (unpaired) electrons. The summed E-state index contributed by atoms with van der Waals surface area (Å²) < 4.78 is 2.38. The first-order valence-electron chi connectivity index (χ1n) is 12.2. The van der Waals surface area contributed by atoms with Crippen LogP contribution >= 0.6 is 0 Å². The third-order valence-corrected chi connectivity index (χ3v) is 7.13. The average molecular weight is 449 g/mol. The molecule has 0 saturated heterocycles. The number of benzene rings is 6. The van der Waals surface area contributed by atoms with Crippen molar-refractivity contribution >= 4 is 43.4 Å². The van der Waals surface area contributed by atoms with Gasteiger partial charge in [-0.2, -0.15) is 0 Å². The third-order valence-electron chi connectivity index (χ3n) is 7.13. The van der Waals surface area contributed by atoms with Crippen LogP contribution in [0.15, 0.2) is 115 Å². The summed E-state index contributed by atoms with van der Waals surface area (Å²) in [5.41, 5.74) is 5.96. The Morgan fingerprint density at radius 3 is 1.86 bits per heavy atom. The van der Waals surface area contributed by atoms with Gasteiger partial charge in [-0.3, -0.25) is 4.57 Å². The minimum Gasteiger partial charge on any atom is -0.295 e. The number of para-hydroxylation sites is 2. The van der Waals surface area contributed by atoms with Crippen LogP contribution < -0.4 is 0 Å². The molecule has 0 aliphatic carbocycles. The molecule has 1 heterocycles. The van der Waals surface area contributed by atoms with Crippen molar-refractivity contribution in [2.24, 2.45) is 0 Å². The van der Waals surface area contributed by atoms with Gasteiger partial charge in [0.1, 0.15) is 5.82 Å². The zero-order valence-electron chi connectivity index (χ0n) is 19.6. The topological polar surface area (TPSA) is 17.8 Å². The quantitative estimate of drug-likeness (QED) is 0.247. The highest BCUT2D eigenvalue weighted by Gasteiger charge is 2.20. The van der Waals surface area contributed by atoms with Crippen LogP contribution in [0.4, 0.5) is 0 Å². The van der Waals surface area contributed by atoms with Gasteiger partial charge in [-0.05, 0) is 44.8 Å². The first kappa shape index (κ1) is 20.0. The van der Waals surface area contributed by atoms with E-state index in [1.807, 2.05) is 0 Å². The maximum atomic E-state index is 5.01. The highest BCUT2D eigenvalue weighted by molar-refractivity contribution is 6.21. The minimum absolute atomic E-state index is 0.864. The summed E-state index contributed by atoms with van der Waals surface area (Å²) in [6, 6.07) is 41.5. The number of nitrogens with zero attached hydrogens (tertiary/aromatic N) is 2. The SMILES string of the molecule is CCc1nc2ccccc2n1-c1c2ccccc2c(-c2cccc3ccccc23)c2ccccc12. The van der Waals surface area contributed by atoms with Crippen LogP contribution in [0.25, 0.3) is 60.2 Å². The third kappa shape index (κ3) is 2.93. The van der Waals surface area contributed by atoms with Gasteiger partial charge in [0, 0.05) is 17.2 Å². The Kier molecular flexibility index (Phi) is 4.46. The van der Waals surface area contributed by atoms with E-state index in [1.54, 1.807) is 0 Å². The number of hydrogen-bond donors (Lipinski definition) is 0. The van der Waals surface area contributed by atoms with Gasteiger partial charge in [0.25, 0.3) is 0 Å². The van der Waals surface area contributed by atoms with Gasteiger partial charge in [-0.1, -0.05) is 110 Å². The predicted octanol–water partition coefficient (Wildman–Crippen LogP) is 8.71. The lowest BCUT2D eigenvalue weighted by atomic mass is 9.88. The number of hydrogen-bond acceptors (Lipinski definition) is 1. The summed E-state index contributed by atoms with van der Waals surface area (Å²) in [6.07, 6.45) is 0.864. The summed E-state index contributed by atoms with van der Waals surface area (Å²) in [7, 11) is 0. The highest BCUT2D eigenvalue weighted by atomic mass is 15.1. The van der Waals surface area contributed by atoms with Crippen LogP contribution in [0.2, 0.25) is 0 Å². The van der Waals surface area contributed by atoms with Crippen molar-refractivity contribution in [3.8, 4) is 16.8 Å². The van der Waals surface area contributed by atoms with Gasteiger partial charge in [0.05, 0.1) is 16.7 Å². The molecular formula is C33H24N2. The van der Waals surface area contributed by atoms with E-state index in [0.717, 1.165) is 23.3 Å². The normalized spacial score (nSPS) is 11.7. The average Bonchev–Trinajstić information content (AvgIpc) is 3.30. The molecule has 0 N–H and O–H groups in total. The number of aromatic nitrogens is 2. The largest absolute Gasteiger partial charge is 0.295 e. The predicted molar refractivity (Wildman–Crippen MR) is 148 cm³/mol. The molecule has 0 aliphatic heterocycles. The fourth-order valence-corrected chi connectivity index (χ4v) is 5.64. The van der Waals surface area contributed by atoms with Crippen LogP contribution in [0.5, 0.6) is 0 Å². The molecule has 0 saturated carbocycles. The second-order valence-electron chi connectivity index (χ2n) is 9.05. The molecule has 0 aliphatic rings. The Labute approximate surface area is 204 Å². The van der Waals surface area contributed by atoms with E-state index in [2.05, 4.69) is 127 Å². The number of aryl methyl sites for hydroxylation is 1. The van der Waals surface area contributed by atoms with Crippen molar-refractivity contribution in [1.82, 2.24) is 9.55 Å². The van der Waals surface area contributed by atoms with E-state index < -0.39 is 0 Å². The molecule has 0 fully saturated rings. The van der Waals surface area contributed by atoms with Crippen molar-refractivity contribution in [2.75, 3.05) is 0 Å². The van der Waals surface area contributed by atoms with Crippen molar-refractivity contribution in [3.63, 3.8) is 0 Å². The lowest BCUT2D eigenvalue weighted by molar-refractivity contribution is 0.917. The molecule has 0 amide bonds. The van der Waals surface area contributed by atoms with Crippen LogP contribution in [0, 0.1) is 0 Å². The van der Waals surface area contributed by atoms with Crippen molar-refractivity contribution < 1.29 is 0 Å². The van der Waals surface area contributed by atoms with Gasteiger partial charge < -0.3 is 0 Å². The molecule has 7 rings (SSSR count). The van der Waals surface area contributed by atoms with Gasteiger partial charge >= 0.3 is 0 Å². The van der Waals surface area contributed by atoms with Crippen LogP contribution in [-0.2, 0) is 6.42 Å². The van der Waals surface area contributed by atoms with E-state index in [9.17, 15) is 0 Å². The maximum Gasteiger partial charge on any atom is 0.114 e. The monoisotopic (exact) mass is 448 g/mol. The fourth-order valence-electron chi connectivity index (χ4n) is 5.64. The molecule has 0 unspecified atom stereocenters. The van der Waals surface area contributed by atoms with Gasteiger partial charge in [-0.25, -0.2) is 4.98 Å². The van der Waals surface area contributed by atoms with E-state index in [0.29, 0.717) is 0 Å². The van der Waals surface area contributed by atoms with Gasteiger partial charge in [0.2, 0.25) is 0 Å². The van der Waals surface area contributed by atoms with Gasteiger partial charge in [-0.15, -0.1) is 0 Å². The molecule has 0 spiro atoms. The van der Waals surface area contributed by atoms with Crippen LogP contribution in [-0.4, -0.2) is 9.55 Å². The van der Waals surface area contributed by atoms with Crippen molar-refractivity contribution in [1.29, 1.82) is 0 Å². The number of imidazole rings is 1. The van der Waals surface area contributed by atoms with E-state index in [4.69, 9.17) is 4.98 Å². The molecule has 6 aromatic carbocycles. The summed E-state index contributed by atoms with van der Waals surface area (Å²) in [4.78, 5) is 5.01. The lowest BCUT2D eigenvalue weighted by Crippen LogP contribution is -2.03. The molecule has 2 heteroatoms. The van der Waals surface area contributed by atoms with Crippen LogP contribution in [0.1, 0.15) is 12.7 Å². The zero-order valence-corrected chi connectivity index (χ0v) is 19.6. The summed E-state index contributed by atoms with van der Waals surface area (Å²) in [5.74, 6) is 1.08. The Hall–Kier alpha value is -4.43. The number of rotatable bonds is 3. The summed E-state index contributed by atoms with van der Waals surface area (Å²) in [5, 5.41) is 7.55. The molecular weight excluding hydrogens is 424 g/mol. The van der Waals surface area contributed by atoms with Gasteiger partial charge in [0.15, 0.2) is 0 Å². The molecule has 0 atom stereocenters. The molecule has 0 bridgehead atoms. The molecule has 166 valence electrons. The zero-order chi connectivity index (χ0) is 23.4. The standard InChI is InChI=1S/C33H24N2/c1-2-31-34-29-20-9-10-21-30(29)35(31)33-27-17-7-5-15-25(27)32(26-16-6-8-18-28(26)33)24-19-11-13-22-12-3-4-14-23(22)24/h3-21H,2H2,1H3. The minimum atomic E-state index is 0.864. The van der Waals surface area contributed by atoms with E-state index >= 15 is 0 Å². The van der Waals surface area contributed by atoms with Crippen molar-refractivity contribution in [2.45, 2.75) is 13.3 Å². The molecule has 35 heavy (non-hydrogen) atoms. The lowest BCUT2D eigenvalue weighted by Gasteiger charge is -2.20. The van der Waals surface area contributed by atoms with E-state index in [1.165, 1.54) is 49.1 Å². The first-order valence-corrected chi connectivity index (χ1v) is 12.2. The summed E-state index contributed by atoms with van der Waals surface area (Å²) >= 11 is 0. The second kappa shape index (κ2) is 7.82. The maximum absolute atomic E-state index is 5.01. The first-order chi connectivity index (χ1) is 17.3. The molecule has 2 nitrogen and oxygen atoms in total. The van der Waals surface area contributed by atoms with Crippen molar-refractivity contribution in [3.05, 3.63) is 121 Å². The smallest absolute Gasteiger partial charge is 0.114 e. The Bertz CT molecular complexity index is 1830. The molecule has 1 aromatic heterocycles. The van der Waals surface area contributed by atoms with E-state index in [-0.39, 0.29) is 0 Å². The Morgan fingerprint density at radius 2 is 1.14 bits per heavy atom. The fraction of sp³-hybridized carbons (Fsp3) is 0.0606. The Balaban J connectivity index is 1.71. The van der Waals surface area contributed by atoms with Crippen LogP contribution in [0.3, 0.4) is 0 Å². The molecule has 7 aromatic rings. The summed E-state index contributed by atoms with van der Waals surface area (Å²) in [6.45, 7) is 2.19. The Morgan fingerprint density at radius 1 is 0.571 bits per heavy atom.